The summed E-state index contributed by atoms with van der Waals surface area (Å²) >= 11 is 0. The van der Waals surface area contributed by atoms with Gasteiger partial charge in [-0.05, 0) is 12.0 Å². The SMILES string of the molecule is NC12C=CC=C1C=CC2. The monoisotopic (exact) mass is 119 g/mol. The molecule has 1 atom stereocenters. The molecular weight excluding hydrogens is 110 g/mol. The zero-order valence-corrected chi connectivity index (χ0v) is 5.17. The average molecular weight is 119 g/mol. The van der Waals surface area contributed by atoms with Crippen LogP contribution in [0.1, 0.15) is 6.42 Å². The third-order valence-corrected chi connectivity index (χ3v) is 1.96. The van der Waals surface area contributed by atoms with Gasteiger partial charge < -0.3 is 5.73 Å². The summed E-state index contributed by atoms with van der Waals surface area (Å²) in [6, 6.07) is 0. The summed E-state index contributed by atoms with van der Waals surface area (Å²) in [4.78, 5) is 0. The van der Waals surface area contributed by atoms with E-state index in [-0.39, 0.29) is 5.54 Å². The van der Waals surface area contributed by atoms with E-state index in [9.17, 15) is 0 Å². The minimum atomic E-state index is -0.125. The molecule has 1 unspecified atom stereocenters. The molecule has 0 saturated heterocycles. The van der Waals surface area contributed by atoms with Crippen LogP contribution >= 0.6 is 0 Å². The molecule has 0 aliphatic heterocycles. The molecule has 46 valence electrons. The molecule has 0 heterocycles. The van der Waals surface area contributed by atoms with E-state index < -0.39 is 0 Å². The number of nitrogens with two attached hydrogens (primary N) is 1. The number of rotatable bonds is 0. The van der Waals surface area contributed by atoms with E-state index in [1.165, 1.54) is 5.57 Å². The number of fused-ring (bicyclic) bond motifs is 1. The second-order valence-electron chi connectivity index (χ2n) is 2.63. The molecule has 0 radical (unpaired) electrons. The maximum Gasteiger partial charge on any atom is 0.0633 e. The van der Waals surface area contributed by atoms with E-state index in [4.69, 9.17) is 5.73 Å². The first-order valence-corrected chi connectivity index (χ1v) is 3.17. The topological polar surface area (TPSA) is 26.0 Å². The molecule has 1 heteroatoms. The van der Waals surface area contributed by atoms with Gasteiger partial charge in [0.05, 0.1) is 5.54 Å². The van der Waals surface area contributed by atoms with Crippen molar-refractivity contribution in [2.24, 2.45) is 5.73 Å². The Kier molecular flexibility index (Phi) is 0.758. The van der Waals surface area contributed by atoms with E-state index in [1.54, 1.807) is 0 Å². The number of allylic oxidation sites excluding steroid dienone is 2. The van der Waals surface area contributed by atoms with Crippen LogP contribution in [0.4, 0.5) is 0 Å². The van der Waals surface area contributed by atoms with Crippen molar-refractivity contribution in [3.63, 3.8) is 0 Å². The van der Waals surface area contributed by atoms with Gasteiger partial charge in [-0.1, -0.05) is 30.4 Å². The summed E-state index contributed by atoms with van der Waals surface area (Å²) < 4.78 is 0. The highest BCUT2D eigenvalue weighted by Gasteiger charge is 2.29. The molecule has 0 saturated carbocycles. The Morgan fingerprint density at radius 1 is 1.56 bits per heavy atom. The molecule has 0 fully saturated rings. The summed E-state index contributed by atoms with van der Waals surface area (Å²) in [5.74, 6) is 0. The Morgan fingerprint density at radius 2 is 2.44 bits per heavy atom. The maximum absolute atomic E-state index is 5.95. The Labute approximate surface area is 54.6 Å². The largest absolute Gasteiger partial charge is 0.318 e. The van der Waals surface area contributed by atoms with Crippen LogP contribution in [0.3, 0.4) is 0 Å². The molecule has 0 aromatic heterocycles. The van der Waals surface area contributed by atoms with Gasteiger partial charge in [-0.25, -0.2) is 0 Å². The van der Waals surface area contributed by atoms with Crippen LogP contribution in [0, 0.1) is 0 Å². The van der Waals surface area contributed by atoms with Crippen molar-refractivity contribution in [2.75, 3.05) is 0 Å². The van der Waals surface area contributed by atoms with Gasteiger partial charge in [0.15, 0.2) is 0 Å². The van der Waals surface area contributed by atoms with Gasteiger partial charge >= 0.3 is 0 Å². The average Bonchev–Trinajstić information content (AvgIpc) is 2.22. The molecular formula is C8H9N. The van der Waals surface area contributed by atoms with Crippen molar-refractivity contribution in [3.05, 3.63) is 36.0 Å². The molecule has 2 rings (SSSR count). The van der Waals surface area contributed by atoms with Crippen molar-refractivity contribution in [1.82, 2.24) is 0 Å². The van der Waals surface area contributed by atoms with E-state index >= 15 is 0 Å². The first-order chi connectivity index (χ1) is 4.31. The molecule has 1 nitrogen and oxygen atoms in total. The van der Waals surface area contributed by atoms with E-state index in [1.807, 2.05) is 6.08 Å². The van der Waals surface area contributed by atoms with Gasteiger partial charge in [-0.2, -0.15) is 0 Å². The second-order valence-corrected chi connectivity index (χ2v) is 2.63. The summed E-state index contributed by atoms with van der Waals surface area (Å²) in [7, 11) is 0. The van der Waals surface area contributed by atoms with Gasteiger partial charge in [0.25, 0.3) is 0 Å². The molecule has 0 bridgehead atoms. The Bertz CT molecular complexity index is 223. The van der Waals surface area contributed by atoms with Crippen LogP contribution in [0.25, 0.3) is 0 Å². The zero-order valence-electron chi connectivity index (χ0n) is 5.17. The third kappa shape index (κ3) is 0.524. The molecule has 0 aromatic carbocycles. The molecule has 0 amide bonds. The van der Waals surface area contributed by atoms with Crippen molar-refractivity contribution in [2.45, 2.75) is 12.0 Å². The van der Waals surface area contributed by atoms with Crippen LogP contribution in [-0.2, 0) is 0 Å². The third-order valence-electron chi connectivity index (χ3n) is 1.96. The molecule has 2 aliphatic rings. The number of hydrogen-bond donors (Lipinski definition) is 1. The van der Waals surface area contributed by atoms with Crippen LogP contribution in [0.5, 0.6) is 0 Å². The van der Waals surface area contributed by atoms with E-state index in [2.05, 4.69) is 24.3 Å². The molecule has 0 aromatic rings. The summed E-state index contributed by atoms with van der Waals surface area (Å²) in [6.45, 7) is 0. The fourth-order valence-corrected chi connectivity index (χ4v) is 1.35. The van der Waals surface area contributed by atoms with Gasteiger partial charge in [-0.3, -0.25) is 0 Å². The highest BCUT2D eigenvalue weighted by Crippen LogP contribution is 2.31. The zero-order chi connectivity index (χ0) is 6.32. The molecule has 2 N–H and O–H groups in total. The fourth-order valence-electron chi connectivity index (χ4n) is 1.35. The van der Waals surface area contributed by atoms with Crippen LogP contribution < -0.4 is 5.73 Å². The Morgan fingerprint density at radius 3 is 3.22 bits per heavy atom. The van der Waals surface area contributed by atoms with Gasteiger partial charge in [0.1, 0.15) is 0 Å². The normalized spacial score (nSPS) is 37.2. The van der Waals surface area contributed by atoms with Crippen LogP contribution in [-0.4, -0.2) is 5.54 Å². The summed E-state index contributed by atoms with van der Waals surface area (Å²) in [5, 5.41) is 0. The van der Waals surface area contributed by atoms with Crippen molar-refractivity contribution < 1.29 is 0 Å². The fraction of sp³-hybridized carbons (Fsp3) is 0.250. The van der Waals surface area contributed by atoms with Crippen LogP contribution in [0.15, 0.2) is 36.0 Å². The molecule has 2 aliphatic carbocycles. The minimum Gasteiger partial charge on any atom is -0.318 e. The predicted molar refractivity (Wildman–Crippen MR) is 37.9 cm³/mol. The van der Waals surface area contributed by atoms with Gasteiger partial charge in [0.2, 0.25) is 0 Å². The Balaban J connectivity index is 2.48. The lowest BCUT2D eigenvalue weighted by atomic mass is 9.97. The lowest BCUT2D eigenvalue weighted by molar-refractivity contribution is 0.672. The first kappa shape index (κ1) is 5.00. The lowest BCUT2D eigenvalue weighted by Crippen LogP contribution is -2.34. The standard InChI is InChI=1S/C8H9N/c9-8-5-1-3-7(8)4-2-6-8/h1-5H,6,9H2. The van der Waals surface area contributed by atoms with E-state index in [0.717, 1.165) is 6.42 Å². The highest BCUT2D eigenvalue weighted by molar-refractivity contribution is 5.49. The molecule has 9 heavy (non-hydrogen) atoms. The van der Waals surface area contributed by atoms with Crippen molar-refractivity contribution in [3.8, 4) is 0 Å². The van der Waals surface area contributed by atoms with Gasteiger partial charge in [-0.15, -0.1) is 0 Å². The second kappa shape index (κ2) is 1.36. The summed E-state index contributed by atoms with van der Waals surface area (Å²) in [5.41, 5.74) is 7.07. The van der Waals surface area contributed by atoms with Crippen LogP contribution in [0.2, 0.25) is 0 Å². The predicted octanol–water partition coefficient (Wildman–Crippen LogP) is 1.14. The molecule has 0 spiro atoms. The minimum absolute atomic E-state index is 0.125. The lowest BCUT2D eigenvalue weighted by Gasteiger charge is -2.16. The van der Waals surface area contributed by atoms with E-state index in [0.29, 0.717) is 0 Å². The summed E-state index contributed by atoms with van der Waals surface area (Å²) in [6.07, 6.45) is 11.3. The maximum atomic E-state index is 5.95. The number of hydrogen-bond acceptors (Lipinski definition) is 1. The highest BCUT2D eigenvalue weighted by atomic mass is 14.7. The Hall–Kier alpha value is -0.820. The quantitative estimate of drug-likeness (QED) is 0.508. The van der Waals surface area contributed by atoms with Crippen molar-refractivity contribution in [1.29, 1.82) is 0 Å². The van der Waals surface area contributed by atoms with Gasteiger partial charge in [0, 0.05) is 0 Å². The first-order valence-electron chi connectivity index (χ1n) is 3.17. The smallest absolute Gasteiger partial charge is 0.0633 e. The van der Waals surface area contributed by atoms with Crippen molar-refractivity contribution >= 4 is 0 Å².